The predicted molar refractivity (Wildman–Crippen MR) is 189 cm³/mol. The number of nitrogens with zero attached hydrogens (tertiary/aromatic N) is 3. The Bertz CT molecular complexity index is 2320. The van der Waals surface area contributed by atoms with Gasteiger partial charge in [-0.3, -0.25) is 0 Å². The van der Waals surface area contributed by atoms with E-state index in [4.69, 9.17) is 9.97 Å². The number of rotatable bonds is 4. The molecule has 0 atom stereocenters. The number of nitriles is 1. The summed E-state index contributed by atoms with van der Waals surface area (Å²) in [5, 5.41) is 10.5. The van der Waals surface area contributed by atoms with E-state index in [2.05, 4.69) is 105 Å². The molecule has 7 aromatic rings. The Balaban J connectivity index is 1.38. The zero-order chi connectivity index (χ0) is 31.3. The molecule has 218 valence electrons. The molecule has 0 fully saturated rings. The number of hydrogen-bond donors (Lipinski definition) is 0. The Morgan fingerprint density at radius 3 is 2.11 bits per heavy atom. The van der Waals surface area contributed by atoms with Crippen LogP contribution in [0.3, 0.4) is 0 Å². The van der Waals surface area contributed by atoms with Crippen LogP contribution >= 0.6 is 11.8 Å². The Hall–Kier alpha value is -5.50. The summed E-state index contributed by atoms with van der Waals surface area (Å²) in [5.41, 5.74) is 11.3. The Morgan fingerprint density at radius 2 is 1.28 bits per heavy atom. The fourth-order valence-electron chi connectivity index (χ4n) is 6.66. The number of fused-ring (bicyclic) bond motifs is 3. The molecule has 1 aliphatic rings. The first-order chi connectivity index (χ1) is 22.5. The lowest BCUT2D eigenvalue weighted by molar-refractivity contribution is 0.609. The monoisotopic (exact) mass is 607 g/mol. The van der Waals surface area contributed by atoms with Gasteiger partial charge >= 0.3 is 0 Å². The van der Waals surface area contributed by atoms with Gasteiger partial charge in [0.2, 0.25) is 0 Å². The van der Waals surface area contributed by atoms with Crippen LogP contribution in [0.25, 0.3) is 55.8 Å². The van der Waals surface area contributed by atoms with Crippen molar-refractivity contribution >= 4 is 22.7 Å². The van der Waals surface area contributed by atoms with Crippen molar-refractivity contribution in [2.75, 3.05) is 0 Å². The summed E-state index contributed by atoms with van der Waals surface area (Å²) in [6.07, 6.45) is 0. The van der Waals surface area contributed by atoms with Gasteiger partial charge in [0, 0.05) is 31.7 Å². The topological polar surface area (TPSA) is 49.6 Å². The molecule has 0 bridgehead atoms. The lowest BCUT2D eigenvalue weighted by Gasteiger charge is -2.36. The van der Waals surface area contributed by atoms with Gasteiger partial charge in [-0.15, -0.1) is 0 Å². The maximum absolute atomic E-state index is 9.45. The van der Waals surface area contributed by atoms with Crippen molar-refractivity contribution in [3.8, 4) is 51.0 Å². The quantitative estimate of drug-likeness (QED) is 0.200. The van der Waals surface area contributed by atoms with Crippen LogP contribution < -0.4 is 0 Å². The fraction of sp³-hybridized carbons (Fsp3) is 0.0714. The summed E-state index contributed by atoms with van der Waals surface area (Å²) in [7, 11) is 0. The zero-order valence-corrected chi connectivity index (χ0v) is 26.3. The summed E-state index contributed by atoms with van der Waals surface area (Å²) in [5.74, 6) is 0.679. The van der Waals surface area contributed by atoms with Crippen molar-refractivity contribution < 1.29 is 0 Å². The summed E-state index contributed by atoms with van der Waals surface area (Å²) in [4.78, 5) is 12.9. The first-order valence-electron chi connectivity index (χ1n) is 15.4. The average molecular weight is 608 g/mol. The minimum absolute atomic E-state index is 0.196. The average Bonchev–Trinajstić information content (AvgIpc) is 3.11. The number of hydrogen-bond acceptors (Lipinski definition) is 4. The summed E-state index contributed by atoms with van der Waals surface area (Å²) in [6.45, 7) is 4.66. The summed E-state index contributed by atoms with van der Waals surface area (Å²) in [6, 6.07) is 50.7. The van der Waals surface area contributed by atoms with Crippen LogP contribution in [0.2, 0.25) is 0 Å². The van der Waals surface area contributed by atoms with Crippen LogP contribution in [0.4, 0.5) is 0 Å². The van der Waals surface area contributed by atoms with E-state index in [0.717, 1.165) is 44.4 Å². The van der Waals surface area contributed by atoms with Crippen molar-refractivity contribution in [1.82, 2.24) is 9.97 Å². The fourth-order valence-corrected chi connectivity index (χ4v) is 8.09. The molecule has 0 aliphatic carbocycles. The number of aromatic nitrogens is 2. The smallest absolute Gasteiger partial charge is 0.160 e. The third kappa shape index (κ3) is 4.77. The third-order valence-electron chi connectivity index (χ3n) is 8.93. The van der Waals surface area contributed by atoms with Crippen molar-refractivity contribution in [3.05, 3.63) is 156 Å². The highest BCUT2D eigenvalue weighted by Crippen LogP contribution is 2.52. The molecule has 0 saturated heterocycles. The molecule has 0 unspecified atom stereocenters. The number of para-hydroxylation sites is 1. The second-order valence-electron chi connectivity index (χ2n) is 12.2. The highest BCUT2D eigenvalue weighted by molar-refractivity contribution is 7.99. The van der Waals surface area contributed by atoms with Gasteiger partial charge in [0.25, 0.3) is 0 Å². The van der Waals surface area contributed by atoms with Crippen LogP contribution in [-0.2, 0) is 5.41 Å². The molecule has 1 aliphatic heterocycles. The van der Waals surface area contributed by atoms with Crippen LogP contribution in [0.1, 0.15) is 30.5 Å². The minimum atomic E-state index is -0.196. The first kappa shape index (κ1) is 28.0. The van der Waals surface area contributed by atoms with Crippen molar-refractivity contribution in [3.63, 3.8) is 0 Å². The van der Waals surface area contributed by atoms with Crippen molar-refractivity contribution in [2.24, 2.45) is 0 Å². The van der Waals surface area contributed by atoms with E-state index in [1.165, 1.54) is 26.5 Å². The molecule has 4 heteroatoms. The van der Waals surface area contributed by atoms with Crippen LogP contribution in [0, 0.1) is 11.3 Å². The summed E-state index contributed by atoms with van der Waals surface area (Å²) >= 11 is 1.84. The Labute approximate surface area is 273 Å². The molecular formula is C42H29N3S. The Morgan fingerprint density at radius 1 is 0.587 bits per heavy atom. The second kappa shape index (κ2) is 11.1. The van der Waals surface area contributed by atoms with Crippen LogP contribution in [0.5, 0.6) is 0 Å². The molecule has 46 heavy (non-hydrogen) atoms. The molecule has 8 rings (SSSR count). The van der Waals surface area contributed by atoms with Gasteiger partial charge in [0.1, 0.15) is 0 Å². The Kier molecular flexibility index (Phi) is 6.78. The van der Waals surface area contributed by atoms with Crippen LogP contribution in [0.15, 0.2) is 149 Å². The van der Waals surface area contributed by atoms with E-state index in [1.807, 2.05) is 66.4 Å². The molecular weight excluding hydrogens is 579 g/mol. The molecule has 2 heterocycles. The van der Waals surface area contributed by atoms with E-state index in [1.54, 1.807) is 0 Å². The van der Waals surface area contributed by atoms with E-state index in [-0.39, 0.29) is 5.41 Å². The zero-order valence-electron chi connectivity index (χ0n) is 25.5. The van der Waals surface area contributed by atoms with E-state index in [0.29, 0.717) is 11.4 Å². The standard InChI is InChI=1S/C42H29N3S/c1-42(2)35-15-7-9-17-37(35)46-38-18-10-14-33(39(38)42)31-23-30(28-21-19-27(26-43)20-22-28)24-32(25-31)41-44-36-16-8-6-13-34(36)40(45-41)29-11-4-3-5-12-29/h3-25H,1-2H3. The predicted octanol–water partition coefficient (Wildman–Crippen LogP) is 11.0. The highest BCUT2D eigenvalue weighted by atomic mass is 32.2. The molecule has 0 radical (unpaired) electrons. The molecule has 3 nitrogen and oxygen atoms in total. The summed E-state index contributed by atoms with van der Waals surface area (Å²) < 4.78 is 0. The van der Waals surface area contributed by atoms with Crippen molar-refractivity contribution in [2.45, 2.75) is 29.1 Å². The lowest BCUT2D eigenvalue weighted by atomic mass is 9.74. The van der Waals surface area contributed by atoms with Gasteiger partial charge in [-0.25, -0.2) is 9.97 Å². The lowest BCUT2D eigenvalue weighted by Crippen LogP contribution is -2.24. The molecule has 1 aromatic heterocycles. The van der Waals surface area contributed by atoms with Gasteiger partial charge in [-0.2, -0.15) is 5.26 Å². The van der Waals surface area contributed by atoms with E-state index >= 15 is 0 Å². The van der Waals surface area contributed by atoms with E-state index in [9.17, 15) is 5.26 Å². The van der Waals surface area contributed by atoms with Gasteiger partial charge < -0.3 is 0 Å². The van der Waals surface area contributed by atoms with E-state index < -0.39 is 0 Å². The third-order valence-corrected chi connectivity index (χ3v) is 10.1. The largest absolute Gasteiger partial charge is 0.228 e. The molecule has 6 aromatic carbocycles. The van der Waals surface area contributed by atoms with Gasteiger partial charge in [-0.1, -0.05) is 117 Å². The molecule has 0 spiro atoms. The maximum atomic E-state index is 9.45. The maximum Gasteiger partial charge on any atom is 0.160 e. The van der Waals surface area contributed by atoms with Gasteiger partial charge in [-0.05, 0) is 81.9 Å². The number of benzene rings is 6. The normalized spacial score (nSPS) is 13.1. The minimum Gasteiger partial charge on any atom is -0.228 e. The molecule has 0 amide bonds. The van der Waals surface area contributed by atoms with Gasteiger partial charge in [0.05, 0.1) is 22.8 Å². The second-order valence-corrected chi connectivity index (χ2v) is 13.3. The van der Waals surface area contributed by atoms with Crippen LogP contribution in [-0.4, -0.2) is 9.97 Å². The molecule has 0 saturated carbocycles. The SMILES string of the molecule is CC1(C)c2ccccc2Sc2cccc(-c3cc(-c4ccc(C#N)cc4)cc(-c4nc(-c5ccccc5)c5ccccc5n4)c3)c21. The highest BCUT2D eigenvalue weighted by Gasteiger charge is 2.35. The molecule has 0 N–H and O–H groups in total. The van der Waals surface area contributed by atoms with Gasteiger partial charge in [0.15, 0.2) is 5.82 Å². The van der Waals surface area contributed by atoms with Crippen molar-refractivity contribution in [1.29, 1.82) is 5.26 Å². The first-order valence-corrected chi connectivity index (χ1v) is 16.2.